The lowest BCUT2D eigenvalue weighted by Gasteiger charge is -2.32. The minimum Gasteiger partial charge on any atom is -0.336 e. The van der Waals surface area contributed by atoms with Gasteiger partial charge in [-0.25, -0.2) is 0 Å². The van der Waals surface area contributed by atoms with Gasteiger partial charge in [0.1, 0.15) is 0 Å². The molecule has 3 heteroatoms. The molecular weight excluding hydrogens is 164 g/mol. The van der Waals surface area contributed by atoms with E-state index in [1.54, 1.807) is 0 Å². The van der Waals surface area contributed by atoms with Gasteiger partial charge in [0, 0.05) is 24.5 Å². The summed E-state index contributed by atoms with van der Waals surface area (Å²) in [6, 6.07) is 1.11. The normalized spacial score (nSPS) is 25.8. The van der Waals surface area contributed by atoms with Crippen molar-refractivity contribution in [2.45, 2.75) is 51.7 Å². The predicted molar refractivity (Wildman–Crippen MR) is 53.5 cm³/mol. The largest absolute Gasteiger partial charge is 0.336 e. The third-order valence-electron chi connectivity index (χ3n) is 2.89. The van der Waals surface area contributed by atoms with Crippen molar-refractivity contribution >= 4 is 5.91 Å². The van der Waals surface area contributed by atoms with Crippen molar-refractivity contribution in [3.05, 3.63) is 0 Å². The Morgan fingerprint density at radius 2 is 2.08 bits per heavy atom. The molecule has 0 aromatic rings. The average Bonchev–Trinajstić information content (AvgIpc) is 2.45. The molecule has 13 heavy (non-hydrogen) atoms. The lowest BCUT2D eigenvalue weighted by Crippen LogP contribution is -2.48. The maximum atomic E-state index is 11.5. The van der Waals surface area contributed by atoms with E-state index in [1.165, 1.54) is 0 Å². The van der Waals surface area contributed by atoms with E-state index in [4.69, 9.17) is 0 Å². The van der Waals surface area contributed by atoms with Gasteiger partial charge < -0.3 is 10.2 Å². The lowest BCUT2D eigenvalue weighted by atomic mass is 10.1. The second-order valence-electron chi connectivity index (χ2n) is 4.08. The molecule has 0 saturated carbocycles. The van der Waals surface area contributed by atoms with E-state index in [-0.39, 0.29) is 0 Å². The Balaban J connectivity index is 2.69. The van der Waals surface area contributed by atoms with Gasteiger partial charge in [0.2, 0.25) is 5.91 Å². The van der Waals surface area contributed by atoms with Crippen molar-refractivity contribution in [3.8, 4) is 0 Å². The second-order valence-corrected chi connectivity index (χ2v) is 4.08. The topological polar surface area (TPSA) is 32.3 Å². The van der Waals surface area contributed by atoms with E-state index in [9.17, 15) is 4.79 Å². The summed E-state index contributed by atoms with van der Waals surface area (Å²) in [5.41, 5.74) is 0. The number of nitrogens with one attached hydrogen (secondary N) is 1. The quantitative estimate of drug-likeness (QED) is 0.709. The van der Waals surface area contributed by atoms with Crippen LogP contribution in [0.15, 0.2) is 0 Å². The molecule has 0 aliphatic carbocycles. The fraction of sp³-hybridized carbons (Fsp3) is 0.900. The molecule has 2 unspecified atom stereocenters. The molecule has 0 aromatic carbocycles. The number of amides is 1. The summed E-state index contributed by atoms with van der Waals surface area (Å²) in [6.45, 7) is 6.30. The third-order valence-corrected chi connectivity index (χ3v) is 2.89. The summed E-state index contributed by atoms with van der Waals surface area (Å²) in [5.74, 6) is 0.308. The fourth-order valence-electron chi connectivity index (χ4n) is 2.08. The summed E-state index contributed by atoms with van der Waals surface area (Å²) in [5, 5.41) is 3.22. The van der Waals surface area contributed by atoms with Crippen LogP contribution in [0.5, 0.6) is 0 Å². The smallest absolute Gasteiger partial charge is 0.223 e. The highest BCUT2D eigenvalue weighted by atomic mass is 16.2. The molecule has 0 bridgehead atoms. The Morgan fingerprint density at radius 3 is 2.54 bits per heavy atom. The Kier molecular flexibility index (Phi) is 3.31. The van der Waals surface area contributed by atoms with E-state index in [0.29, 0.717) is 24.0 Å². The number of rotatable bonds is 3. The van der Waals surface area contributed by atoms with Crippen LogP contribution < -0.4 is 5.32 Å². The van der Waals surface area contributed by atoms with Gasteiger partial charge >= 0.3 is 0 Å². The number of hydrogen-bond donors (Lipinski definition) is 1. The zero-order valence-electron chi connectivity index (χ0n) is 9.00. The summed E-state index contributed by atoms with van der Waals surface area (Å²) in [7, 11) is 1.95. The van der Waals surface area contributed by atoms with E-state index >= 15 is 0 Å². The molecule has 1 rings (SSSR count). The van der Waals surface area contributed by atoms with Gasteiger partial charge in [0.05, 0.1) is 0 Å². The highest BCUT2D eigenvalue weighted by molar-refractivity contribution is 5.79. The Hall–Kier alpha value is -0.570. The van der Waals surface area contributed by atoms with Crippen molar-refractivity contribution in [2.24, 2.45) is 0 Å². The minimum absolute atomic E-state index is 0.308. The molecule has 0 spiro atoms. The first kappa shape index (κ1) is 10.5. The molecule has 0 radical (unpaired) electrons. The van der Waals surface area contributed by atoms with Gasteiger partial charge in [0.15, 0.2) is 0 Å². The van der Waals surface area contributed by atoms with Crippen molar-refractivity contribution < 1.29 is 4.79 Å². The summed E-state index contributed by atoms with van der Waals surface area (Å²) >= 11 is 0. The van der Waals surface area contributed by atoms with Gasteiger partial charge in [0.25, 0.3) is 0 Å². The molecule has 1 fully saturated rings. The van der Waals surface area contributed by atoms with Crippen molar-refractivity contribution in [2.75, 3.05) is 7.05 Å². The third kappa shape index (κ3) is 2.02. The van der Waals surface area contributed by atoms with Crippen molar-refractivity contribution in [3.63, 3.8) is 0 Å². The average molecular weight is 184 g/mol. The molecule has 1 amide bonds. The molecule has 1 aliphatic rings. The van der Waals surface area contributed by atoms with Crippen molar-refractivity contribution in [1.29, 1.82) is 0 Å². The standard InChI is InChI=1S/C10H20N2O/c1-7(2)12-9(8(3)11-4)5-6-10(12)13/h7-9,11H,5-6H2,1-4H3. The first-order valence-electron chi connectivity index (χ1n) is 5.06. The van der Waals surface area contributed by atoms with E-state index in [2.05, 4.69) is 26.1 Å². The van der Waals surface area contributed by atoms with Gasteiger partial charge in [-0.15, -0.1) is 0 Å². The molecule has 1 saturated heterocycles. The van der Waals surface area contributed by atoms with E-state index in [0.717, 1.165) is 12.8 Å². The van der Waals surface area contributed by atoms with Crippen LogP contribution in [-0.2, 0) is 4.79 Å². The monoisotopic (exact) mass is 184 g/mol. The van der Waals surface area contributed by atoms with Crippen LogP contribution in [-0.4, -0.2) is 36.0 Å². The number of likely N-dealkylation sites (tertiary alicyclic amines) is 1. The number of likely N-dealkylation sites (N-methyl/N-ethyl adjacent to an activating group) is 1. The van der Waals surface area contributed by atoms with Crippen LogP contribution in [0.2, 0.25) is 0 Å². The first-order valence-corrected chi connectivity index (χ1v) is 5.06. The van der Waals surface area contributed by atoms with Crippen LogP contribution in [0.25, 0.3) is 0 Å². The van der Waals surface area contributed by atoms with Crippen LogP contribution in [0, 0.1) is 0 Å². The maximum absolute atomic E-state index is 11.5. The van der Waals surface area contributed by atoms with Gasteiger partial charge in [-0.3, -0.25) is 4.79 Å². The lowest BCUT2D eigenvalue weighted by molar-refractivity contribution is -0.130. The Morgan fingerprint density at radius 1 is 1.46 bits per heavy atom. The molecule has 1 N–H and O–H groups in total. The minimum atomic E-state index is 0.308. The molecule has 3 nitrogen and oxygen atoms in total. The Labute approximate surface area is 80.5 Å². The number of hydrogen-bond acceptors (Lipinski definition) is 2. The Bertz CT molecular complexity index is 191. The zero-order chi connectivity index (χ0) is 10.0. The molecule has 0 aromatic heterocycles. The summed E-state index contributed by atoms with van der Waals surface area (Å²) < 4.78 is 0. The molecule has 76 valence electrons. The molecule has 1 heterocycles. The van der Waals surface area contributed by atoms with Crippen LogP contribution in [0.4, 0.5) is 0 Å². The molecule has 1 aliphatic heterocycles. The predicted octanol–water partition coefficient (Wildman–Crippen LogP) is 0.994. The van der Waals surface area contributed by atoms with Crippen LogP contribution in [0.1, 0.15) is 33.6 Å². The van der Waals surface area contributed by atoms with E-state index in [1.807, 2.05) is 11.9 Å². The fourth-order valence-corrected chi connectivity index (χ4v) is 2.08. The van der Waals surface area contributed by atoms with Crippen molar-refractivity contribution in [1.82, 2.24) is 10.2 Å². The van der Waals surface area contributed by atoms with Gasteiger partial charge in [-0.05, 0) is 34.2 Å². The van der Waals surface area contributed by atoms with Crippen LogP contribution >= 0.6 is 0 Å². The first-order chi connectivity index (χ1) is 6.07. The molecule has 2 atom stereocenters. The number of carbonyl (C=O) groups excluding carboxylic acids is 1. The number of nitrogens with zero attached hydrogens (tertiary/aromatic N) is 1. The summed E-state index contributed by atoms with van der Waals surface area (Å²) in [4.78, 5) is 13.6. The SMILES string of the molecule is CNC(C)C1CCC(=O)N1C(C)C. The highest BCUT2D eigenvalue weighted by Crippen LogP contribution is 2.23. The second kappa shape index (κ2) is 4.09. The zero-order valence-corrected chi connectivity index (χ0v) is 9.00. The van der Waals surface area contributed by atoms with E-state index < -0.39 is 0 Å². The van der Waals surface area contributed by atoms with Gasteiger partial charge in [-0.1, -0.05) is 0 Å². The van der Waals surface area contributed by atoms with Gasteiger partial charge in [-0.2, -0.15) is 0 Å². The highest BCUT2D eigenvalue weighted by Gasteiger charge is 2.35. The number of carbonyl (C=O) groups is 1. The summed E-state index contributed by atoms with van der Waals surface area (Å²) in [6.07, 6.45) is 1.72. The maximum Gasteiger partial charge on any atom is 0.223 e. The molecular formula is C10H20N2O. The van der Waals surface area contributed by atoms with Crippen LogP contribution in [0.3, 0.4) is 0 Å².